The van der Waals surface area contributed by atoms with Gasteiger partial charge in [-0.2, -0.15) is 0 Å². The van der Waals surface area contributed by atoms with Gasteiger partial charge in [0.05, 0.1) is 6.42 Å². The fraction of sp³-hybridized carbons (Fsp3) is 0.200. The molecule has 0 aliphatic heterocycles. The van der Waals surface area contributed by atoms with Crippen LogP contribution in [0.3, 0.4) is 0 Å². The van der Waals surface area contributed by atoms with E-state index in [2.05, 4.69) is 15.0 Å². The van der Waals surface area contributed by atoms with Crippen LogP contribution >= 0.6 is 0 Å². The SMILES string of the molecule is Cc1nc(-c2ccccn2)[nH]c(=O)c1CC(=O)OC(C)c1ccc(F)cc1F. The number of rotatable bonds is 5. The number of hydrogen-bond donors (Lipinski definition) is 1. The number of nitrogens with one attached hydrogen (secondary N) is 1. The van der Waals surface area contributed by atoms with Gasteiger partial charge in [0.15, 0.2) is 5.82 Å². The number of pyridine rings is 1. The highest BCUT2D eigenvalue weighted by Gasteiger charge is 2.19. The van der Waals surface area contributed by atoms with Crippen LogP contribution in [0.15, 0.2) is 47.4 Å². The van der Waals surface area contributed by atoms with Crippen molar-refractivity contribution in [2.45, 2.75) is 26.4 Å². The fourth-order valence-electron chi connectivity index (χ4n) is 2.72. The first-order valence-corrected chi connectivity index (χ1v) is 8.50. The minimum atomic E-state index is -0.937. The van der Waals surface area contributed by atoms with E-state index in [9.17, 15) is 18.4 Å². The van der Waals surface area contributed by atoms with Crippen LogP contribution in [0.25, 0.3) is 11.5 Å². The molecule has 2 heterocycles. The number of ether oxygens (including phenoxy) is 1. The topological polar surface area (TPSA) is 84.9 Å². The van der Waals surface area contributed by atoms with Crippen molar-refractivity contribution in [1.82, 2.24) is 15.0 Å². The van der Waals surface area contributed by atoms with Crippen molar-refractivity contribution in [1.29, 1.82) is 0 Å². The van der Waals surface area contributed by atoms with Gasteiger partial charge >= 0.3 is 5.97 Å². The molecule has 0 fully saturated rings. The molecule has 0 spiro atoms. The fourth-order valence-corrected chi connectivity index (χ4v) is 2.72. The van der Waals surface area contributed by atoms with E-state index in [1.165, 1.54) is 13.0 Å². The van der Waals surface area contributed by atoms with Gasteiger partial charge in [0.2, 0.25) is 0 Å². The molecule has 0 aliphatic rings. The Balaban J connectivity index is 1.76. The minimum Gasteiger partial charge on any atom is -0.457 e. The Morgan fingerprint density at radius 3 is 2.68 bits per heavy atom. The highest BCUT2D eigenvalue weighted by atomic mass is 19.1. The van der Waals surface area contributed by atoms with E-state index in [-0.39, 0.29) is 17.5 Å². The average Bonchev–Trinajstić information content (AvgIpc) is 2.65. The summed E-state index contributed by atoms with van der Waals surface area (Å²) in [7, 11) is 0. The largest absolute Gasteiger partial charge is 0.457 e. The first-order chi connectivity index (χ1) is 13.3. The summed E-state index contributed by atoms with van der Waals surface area (Å²) in [6.07, 6.45) is 0.309. The highest BCUT2D eigenvalue weighted by Crippen LogP contribution is 2.21. The monoisotopic (exact) mass is 385 g/mol. The number of nitrogens with zero attached hydrogens (tertiary/aromatic N) is 2. The molecule has 0 bridgehead atoms. The van der Waals surface area contributed by atoms with Crippen LogP contribution in [0, 0.1) is 18.6 Å². The quantitative estimate of drug-likeness (QED) is 0.682. The molecule has 3 aromatic rings. The summed E-state index contributed by atoms with van der Waals surface area (Å²) in [5.74, 6) is -1.96. The summed E-state index contributed by atoms with van der Waals surface area (Å²) in [6.45, 7) is 3.07. The third-order valence-electron chi connectivity index (χ3n) is 4.16. The van der Waals surface area contributed by atoms with Crippen LogP contribution < -0.4 is 5.56 Å². The zero-order chi connectivity index (χ0) is 20.3. The van der Waals surface area contributed by atoms with Crippen molar-refractivity contribution in [3.63, 3.8) is 0 Å². The zero-order valence-electron chi connectivity index (χ0n) is 15.2. The second-order valence-electron chi connectivity index (χ2n) is 6.17. The van der Waals surface area contributed by atoms with Gasteiger partial charge in [-0.25, -0.2) is 13.8 Å². The number of benzene rings is 1. The molecule has 144 valence electrons. The van der Waals surface area contributed by atoms with Crippen molar-refractivity contribution >= 4 is 5.97 Å². The third kappa shape index (κ3) is 4.28. The molecule has 0 saturated heterocycles. The van der Waals surface area contributed by atoms with E-state index in [0.717, 1.165) is 12.1 Å². The summed E-state index contributed by atoms with van der Waals surface area (Å²) in [6, 6.07) is 8.21. The van der Waals surface area contributed by atoms with Crippen molar-refractivity contribution < 1.29 is 18.3 Å². The maximum atomic E-state index is 13.8. The molecule has 1 N–H and O–H groups in total. The maximum absolute atomic E-state index is 13.8. The van der Waals surface area contributed by atoms with E-state index in [1.807, 2.05) is 0 Å². The number of esters is 1. The molecule has 3 rings (SSSR count). The minimum absolute atomic E-state index is 0.0454. The van der Waals surface area contributed by atoms with Gasteiger partial charge in [-0.15, -0.1) is 0 Å². The molecule has 0 amide bonds. The van der Waals surface area contributed by atoms with Crippen LogP contribution in [-0.4, -0.2) is 20.9 Å². The molecule has 0 radical (unpaired) electrons. The molecule has 1 aromatic carbocycles. The highest BCUT2D eigenvalue weighted by molar-refractivity contribution is 5.73. The standard InChI is InChI=1S/C20H17F2N3O3/c1-11-15(20(27)25-19(24-11)17-5-3-4-8-23-17)10-18(26)28-12(2)14-7-6-13(21)9-16(14)22/h3-9,12H,10H2,1-2H3,(H,24,25,27). The number of carbonyl (C=O) groups excluding carboxylic acids is 1. The summed E-state index contributed by atoms with van der Waals surface area (Å²) in [5.41, 5.74) is 0.574. The van der Waals surface area contributed by atoms with Gasteiger partial charge in [-0.3, -0.25) is 14.6 Å². The predicted octanol–water partition coefficient (Wildman–Crippen LogP) is 3.27. The van der Waals surface area contributed by atoms with Gasteiger partial charge in [0.25, 0.3) is 5.56 Å². The van der Waals surface area contributed by atoms with Crippen molar-refractivity contribution in [2.75, 3.05) is 0 Å². The number of carbonyl (C=O) groups is 1. The van der Waals surface area contributed by atoms with E-state index in [0.29, 0.717) is 17.2 Å². The van der Waals surface area contributed by atoms with E-state index in [4.69, 9.17) is 4.74 Å². The number of halogens is 2. The first-order valence-electron chi connectivity index (χ1n) is 8.50. The normalized spacial score (nSPS) is 11.9. The Kier molecular flexibility index (Phi) is 5.58. The summed E-state index contributed by atoms with van der Waals surface area (Å²) in [4.78, 5) is 35.6. The molecule has 0 aliphatic carbocycles. The third-order valence-corrected chi connectivity index (χ3v) is 4.16. The van der Waals surface area contributed by atoms with Crippen LogP contribution in [0.4, 0.5) is 8.78 Å². The number of aromatic amines is 1. The van der Waals surface area contributed by atoms with Crippen LogP contribution in [0.5, 0.6) is 0 Å². The molecular formula is C20H17F2N3O3. The summed E-state index contributed by atoms with van der Waals surface area (Å²) < 4.78 is 32.0. The molecular weight excluding hydrogens is 368 g/mol. The number of H-pyrrole nitrogens is 1. The molecule has 0 saturated carbocycles. The van der Waals surface area contributed by atoms with E-state index >= 15 is 0 Å². The Morgan fingerprint density at radius 2 is 2.04 bits per heavy atom. The van der Waals surface area contributed by atoms with Crippen molar-refractivity contribution in [3.05, 3.63) is 81.4 Å². The molecule has 2 aromatic heterocycles. The molecule has 8 heteroatoms. The van der Waals surface area contributed by atoms with E-state index in [1.54, 1.807) is 31.3 Å². The Bertz CT molecular complexity index is 1070. The summed E-state index contributed by atoms with van der Waals surface area (Å²) >= 11 is 0. The lowest BCUT2D eigenvalue weighted by atomic mass is 10.1. The number of aryl methyl sites for hydroxylation is 1. The maximum Gasteiger partial charge on any atom is 0.311 e. The lowest BCUT2D eigenvalue weighted by molar-refractivity contribution is -0.147. The Morgan fingerprint density at radius 1 is 1.25 bits per heavy atom. The molecule has 1 unspecified atom stereocenters. The second-order valence-corrected chi connectivity index (χ2v) is 6.17. The lowest BCUT2D eigenvalue weighted by Gasteiger charge is -2.15. The van der Waals surface area contributed by atoms with Gasteiger partial charge in [0.1, 0.15) is 23.4 Å². The van der Waals surface area contributed by atoms with Crippen LogP contribution in [0.1, 0.15) is 29.8 Å². The van der Waals surface area contributed by atoms with Crippen LogP contribution in [0.2, 0.25) is 0 Å². The number of aromatic nitrogens is 3. The molecule has 28 heavy (non-hydrogen) atoms. The van der Waals surface area contributed by atoms with Gasteiger partial charge in [-0.1, -0.05) is 6.07 Å². The van der Waals surface area contributed by atoms with Gasteiger partial charge < -0.3 is 9.72 Å². The average molecular weight is 385 g/mol. The van der Waals surface area contributed by atoms with Crippen molar-refractivity contribution in [3.8, 4) is 11.5 Å². The van der Waals surface area contributed by atoms with E-state index < -0.39 is 29.3 Å². The smallest absolute Gasteiger partial charge is 0.311 e. The zero-order valence-corrected chi connectivity index (χ0v) is 15.2. The molecule has 6 nitrogen and oxygen atoms in total. The number of hydrogen-bond acceptors (Lipinski definition) is 5. The Labute approximate surface area is 159 Å². The second kappa shape index (κ2) is 8.08. The lowest BCUT2D eigenvalue weighted by Crippen LogP contribution is -2.22. The van der Waals surface area contributed by atoms with Crippen LogP contribution in [-0.2, 0) is 16.0 Å². The first kappa shape index (κ1) is 19.3. The Hall–Kier alpha value is -3.42. The predicted molar refractivity (Wildman–Crippen MR) is 97.4 cm³/mol. The van der Waals surface area contributed by atoms with Gasteiger partial charge in [0, 0.05) is 29.1 Å². The summed E-state index contributed by atoms with van der Waals surface area (Å²) in [5, 5.41) is 0. The van der Waals surface area contributed by atoms with Crippen molar-refractivity contribution in [2.24, 2.45) is 0 Å². The van der Waals surface area contributed by atoms with Gasteiger partial charge in [-0.05, 0) is 38.1 Å². The molecule has 1 atom stereocenters.